The molecule has 4 rings (SSSR count). The number of carbonyl (C=O) groups excluding carboxylic acids is 1. The van der Waals surface area contributed by atoms with E-state index >= 15 is 0 Å². The van der Waals surface area contributed by atoms with Gasteiger partial charge < -0.3 is 5.32 Å². The average molecular weight is 469 g/mol. The van der Waals surface area contributed by atoms with Crippen molar-refractivity contribution in [2.75, 3.05) is 11.9 Å². The van der Waals surface area contributed by atoms with Crippen molar-refractivity contribution in [3.8, 4) is 0 Å². The Hall–Kier alpha value is -2.89. The number of amides is 1. The van der Waals surface area contributed by atoms with E-state index in [2.05, 4.69) is 10.3 Å². The second-order valence-corrected chi connectivity index (χ2v) is 9.03. The SMILES string of the molecule is O=C(CNS(=O)(=O)c1cc(Cl)c(F)cc1F)Nc1ccc2c(=O)n3c(nc2c1)CCC3. The number of rotatable bonds is 5. The Kier molecular flexibility index (Phi) is 5.50. The van der Waals surface area contributed by atoms with E-state index in [9.17, 15) is 26.8 Å². The molecule has 2 aromatic carbocycles. The van der Waals surface area contributed by atoms with Crippen LogP contribution < -0.4 is 15.6 Å². The highest BCUT2D eigenvalue weighted by molar-refractivity contribution is 7.89. The molecule has 0 atom stereocenters. The zero-order valence-electron chi connectivity index (χ0n) is 15.8. The fourth-order valence-electron chi connectivity index (χ4n) is 3.32. The molecular weight excluding hydrogens is 454 g/mol. The lowest BCUT2D eigenvalue weighted by atomic mass is 10.2. The lowest BCUT2D eigenvalue weighted by molar-refractivity contribution is -0.115. The van der Waals surface area contributed by atoms with E-state index < -0.39 is 44.0 Å². The Morgan fingerprint density at radius 2 is 1.97 bits per heavy atom. The minimum absolute atomic E-state index is 0.150. The number of benzene rings is 2. The molecule has 2 heterocycles. The van der Waals surface area contributed by atoms with Crippen LogP contribution in [-0.2, 0) is 27.8 Å². The van der Waals surface area contributed by atoms with Crippen LogP contribution in [0.2, 0.25) is 5.02 Å². The van der Waals surface area contributed by atoms with E-state index in [0.717, 1.165) is 6.42 Å². The minimum Gasteiger partial charge on any atom is -0.325 e. The van der Waals surface area contributed by atoms with Gasteiger partial charge in [-0.2, -0.15) is 0 Å². The molecule has 0 unspecified atom stereocenters. The Morgan fingerprint density at radius 3 is 2.74 bits per heavy atom. The molecule has 12 heteroatoms. The number of sulfonamides is 1. The number of halogens is 3. The summed E-state index contributed by atoms with van der Waals surface area (Å²) in [6.45, 7) is -0.0926. The van der Waals surface area contributed by atoms with Gasteiger partial charge in [0.05, 0.1) is 22.5 Å². The van der Waals surface area contributed by atoms with Gasteiger partial charge >= 0.3 is 0 Å². The molecule has 1 amide bonds. The van der Waals surface area contributed by atoms with Crippen molar-refractivity contribution in [3.05, 3.63) is 63.2 Å². The molecule has 0 saturated heterocycles. The number of carbonyl (C=O) groups is 1. The van der Waals surface area contributed by atoms with Gasteiger partial charge in [-0.25, -0.2) is 26.9 Å². The summed E-state index contributed by atoms with van der Waals surface area (Å²) in [4.78, 5) is 28.2. The van der Waals surface area contributed by atoms with Crippen LogP contribution in [0.15, 0.2) is 40.0 Å². The normalized spacial score (nSPS) is 13.4. The van der Waals surface area contributed by atoms with Crippen LogP contribution in [0, 0.1) is 11.6 Å². The molecule has 2 N–H and O–H groups in total. The van der Waals surface area contributed by atoms with Crippen molar-refractivity contribution in [2.45, 2.75) is 24.3 Å². The van der Waals surface area contributed by atoms with Gasteiger partial charge in [0.2, 0.25) is 15.9 Å². The summed E-state index contributed by atoms with van der Waals surface area (Å²) in [6.07, 6.45) is 1.52. The van der Waals surface area contributed by atoms with Crippen LogP contribution in [0.5, 0.6) is 0 Å². The molecule has 31 heavy (non-hydrogen) atoms. The van der Waals surface area contributed by atoms with Gasteiger partial charge in [0, 0.05) is 24.7 Å². The van der Waals surface area contributed by atoms with Crippen molar-refractivity contribution in [3.63, 3.8) is 0 Å². The van der Waals surface area contributed by atoms with E-state index in [1.165, 1.54) is 18.2 Å². The van der Waals surface area contributed by atoms with E-state index in [4.69, 9.17) is 11.6 Å². The topological polar surface area (TPSA) is 110 Å². The smallest absolute Gasteiger partial charge is 0.261 e. The first kappa shape index (κ1) is 21.3. The number of hydrogen-bond donors (Lipinski definition) is 2. The summed E-state index contributed by atoms with van der Waals surface area (Å²) in [5, 5.41) is 2.32. The quantitative estimate of drug-likeness (QED) is 0.558. The van der Waals surface area contributed by atoms with Gasteiger partial charge in [-0.05, 0) is 30.7 Å². The molecule has 8 nitrogen and oxygen atoms in total. The third-order valence-corrected chi connectivity index (χ3v) is 6.49. The fraction of sp³-hybridized carbons (Fsp3) is 0.211. The summed E-state index contributed by atoms with van der Waals surface area (Å²) in [7, 11) is -4.46. The summed E-state index contributed by atoms with van der Waals surface area (Å²) >= 11 is 5.51. The first-order valence-corrected chi connectivity index (χ1v) is 11.0. The lowest BCUT2D eigenvalue weighted by Gasteiger charge is -2.10. The zero-order chi connectivity index (χ0) is 22.3. The predicted molar refractivity (Wildman–Crippen MR) is 110 cm³/mol. The molecule has 1 aliphatic heterocycles. The first-order valence-electron chi connectivity index (χ1n) is 9.13. The highest BCUT2D eigenvalue weighted by Gasteiger charge is 2.22. The number of nitrogens with one attached hydrogen (secondary N) is 2. The lowest BCUT2D eigenvalue weighted by Crippen LogP contribution is -2.33. The van der Waals surface area contributed by atoms with Crippen LogP contribution >= 0.6 is 11.6 Å². The monoisotopic (exact) mass is 468 g/mol. The van der Waals surface area contributed by atoms with E-state index in [1.54, 1.807) is 4.57 Å². The van der Waals surface area contributed by atoms with Crippen LogP contribution in [-0.4, -0.2) is 30.4 Å². The Bertz CT molecular complexity index is 1390. The van der Waals surface area contributed by atoms with E-state index in [1.807, 2.05) is 4.72 Å². The van der Waals surface area contributed by atoms with Crippen LogP contribution in [0.25, 0.3) is 10.9 Å². The molecule has 0 fully saturated rings. The van der Waals surface area contributed by atoms with Crippen LogP contribution in [0.4, 0.5) is 14.5 Å². The molecule has 1 aliphatic rings. The highest BCUT2D eigenvalue weighted by Crippen LogP contribution is 2.23. The molecule has 162 valence electrons. The minimum atomic E-state index is -4.46. The van der Waals surface area contributed by atoms with Gasteiger partial charge in [-0.1, -0.05) is 11.6 Å². The van der Waals surface area contributed by atoms with Crippen molar-refractivity contribution < 1.29 is 22.0 Å². The maximum Gasteiger partial charge on any atom is 0.261 e. The number of hydrogen-bond acceptors (Lipinski definition) is 5. The molecule has 1 aromatic heterocycles. The van der Waals surface area contributed by atoms with Gasteiger partial charge in [0.15, 0.2) is 0 Å². The summed E-state index contributed by atoms with van der Waals surface area (Å²) in [5.41, 5.74) is 0.574. The van der Waals surface area contributed by atoms with Crippen molar-refractivity contribution in [1.82, 2.24) is 14.3 Å². The molecular formula is C19H15ClF2N4O4S. The fourth-order valence-corrected chi connectivity index (χ4v) is 4.61. The Balaban J connectivity index is 1.49. The predicted octanol–water partition coefficient (Wildman–Crippen LogP) is 2.19. The summed E-state index contributed by atoms with van der Waals surface area (Å²) in [5.74, 6) is -2.51. The van der Waals surface area contributed by atoms with Crippen molar-refractivity contribution >= 4 is 44.1 Å². The summed E-state index contributed by atoms with van der Waals surface area (Å²) in [6, 6.07) is 5.52. The van der Waals surface area contributed by atoms with E-state index in [0.29, 0.717) is 47.5 Å². The van der Waals surface area contributed by atoms with E-state index in [-0.39, 0.29) is 5.56 Å². The number of anilines is 1. The maximum atomic E-state index is 13.8. The number of nitrogens with zero attached hydrogens (tertiary/aromatic N) is 2. The Morgan fingerprint density at radius 1 is 1.19 bits per heavy atom. The molecule has 0 aliphatic carbocycles. The zero-order valence-corrected chi connectivity index (χ0v) is 17.4. The second-order valence-electron chi connectivity index (χ2n) is 6.89. The average Bonchev–Trinajstić information content (AvgIpc) is 3.18. The van der Waals surface area contributed by atoms with Crippen LogP contribution in [0.3, 0.4) is 0 Å². The largest absolute Gasteiger partial charge is 0.325 e. The molecule has 0 spiro atoms. The van der Waals surface area contributed by atoms with Gasteiger partial charge in [0.25, 0.3) is 5.56 Å². The maximum absolute atomic E-state index is 13.8. The van der Waals surface area contributed by atoms with Crippen molar-refractivity contribution in [1.29, 1.82) is 0 Å². The number of aromatic nitrogens is 2. The second kappa shape index (κ2) is 7.98. The third-order valence-electron chi connectivity index (χ3n) is 4.79. The van der Waals surface area contributed by atoms with Crippen molar-refractivity contribution in [2.24, 2.45) is 0 Å². The first-order chi connectivity index (χ1) is 14.7. The highest BCUT2D eigenvalue weighted by atomic mass is 35.5. The van der Waals surface area contributed by atoms with Gasteiger partial charge in [-0.15, -0.1) is 0 Å². The van der Waals surface area contributed by atoms with Crippen LogP contribution in [0.1, 0.15) is 12.2 Å². The number of aryl methyl sites for hydroxylation is 1. The number of fused-ring (bicyclic) bond motifs is 2. The molecule has 3 aromatic rings. The molecule has 0 bridgehead atoms. The molecule has 0 saturated carbocycles. The Labute approximate surface area is 179 Å². The van der Waals surface area contributed by atoms with Gasteiger partial charge in [-0.3, -0.25) is 14.2 Å². The standard InChI is InChI=1S/C19H15ClF2N4O4S/c20-12-7-16(14(22)8-13(12)21)31(29,30)23-9-18(27)24-10-3-4-11-15(6-10)25-17-2-1-5-26(17)19(11)28/h3-4,6-8,23H,1-2,5,9H2,(H,24,27). The molecule has 0 radical (unpaired) electrons. The van der Waals surface area contributed by atoms with Gasteiger partial charge in [0.1, 0.15) is 22.4 Å². The third kappa shape index (κ3) is 4.16. The summed E-state index contributed by atoms with van der Waals surface area (Å²) < 4.78 is 55.1.